The van der Waals surface area contributed by atoms with E-state index >= 15 is 0 Å². The van der Waals surface area contributed by atoms with Crippen LogP contribution in [0, 0.1) is 0 Å². The quantitative estimate of drug-likeness (QED) is 0.821. The summed E-state index contributed by atoms with van der Waals surface area (Å²) in [5.41, 5.74) is 0.362. The zero-order chi connectivity index (χ0) is 12.8. The number of amides is 1. The van der Waals surface area contributed by atoms with Crippen molar-refractivity contribution in [1.29, 1.82) is 0 Å². The van der Waals surface area contributed by atoms with E-state index in [2.05, 4.69) is 27.8 Å². The molecule has 5 heteroatoms. The molecule has 1 aromatic carbocycles. The standard InChI is InChI=1S/C12H12BrNO3/c1-2-3-4-11(15)14-10-7-8(13)5-6-9(10)12(16)17/h2,5-7H,1,3-4H2,(H,14,15)(H,16,17). The molecule has 0 spiro atoms. The van der Waals surface area contributed by atoms with E-state index in [1.807, 2.05) is 0 Å². The van der Waals surface area contributed by atoms with E-state index < -0.39 is 5.97 Å². The summed E-state index contributed by atoms with van der Waals surface area (Å²) in [6, 6.07) is 4.62. The summed E-state index contributed by atoms with van der Waals surface area (Å²) in [5, 5.41) is 11.5. The lowest BCUT2D eigenvalue weighted by Gasteiger charge is -2.08. The maximum Gasteiger partial charge on any atom is 0.337 e. The first-order valence-corrected chi connectivity index (χ1v) is 5.77. The van der Waals surface area contributed by atoms with Crippen molar-refractivity contribution in [3.05, 3.63) is 40.9 Å². The number of halogens is 1. The van der Waals surface area contributed by atoms with Crippen LogP contribution in [0.15, 0.2) is 35.3 Å². The normalized spacial score (nSPS) is 9.71. The zero-order valence-corrected chi connectivity index (χ0v) is 10.7. The lowest BCUT2D eigenvalue weighted by molar-refractivity contribution is -0.116. The number of anilines is 1. The second kappa shape index (κ2) is 6.20. The number of aromatic carboxylic acids is 1. The molecule has 17 heavy (non-hydrogen) atoms. The molecular formula is C12H12BrNO3. The Bertz CT molecular complexity index is 457. The molecule has 1 amide bonds. The van der Waals surface area contributed by atoms with Gasteiger partial charge in [0.05, 0.1) is 11.3 Å². The minimum atomic E-state index is -1.07. The van der Waals surface area contributed by atoms with Crippen LogP contribution in [0.25, 0.3) is 0 Å². The summed E-state index contributed by atoms with van der Waals surface area (Å²) in [5.74, 6) is -1.30. The number of carboxylic acids is 1. The molecule has 1 aromatic rings. The Kier molecular flexibility index (Phi) is 4.90. The van der Waals surface area contributed by atoms with Gasteiger partial charge in [-0.05, 0) is 24.6 Å². The lowest BCUT2D eigenvalue weighted by Crippen LogP contribution is -2.14. The van der Waals surface area contributed by atoms with Crippen molar-refractivity contribution in [1.82, 2.24) is 0 Å². The Morgan fingerprint density at radius 3 is 2.76 bits per heavy atom. The molecule has 0 radical (unpaired) electrons. The minimum absolute atomic E-state index is 0.0696. The van der Waals surface area contributed by atoms with Crippen LogP contribution in [0.2, 0.25) is 0 Å². The van der Waals surface area contributed by atoms with Crippen molar-refractivity contribution in [2.24, 2.45) is 0 Å². The molecule has 1 rings (SSSR count). The molecule has 0 aromatic heterocycles. The molecule has 0 saturated heterocycles. The van der Waals surface area contributed by atoms with Crippen LogP contribution < -0.4 is 5.32 Å². The summed E-state index contributed by atoms with van der Waals surface area (Å²) in [4.78, 5) is 22.4. The molecule has 0 heterocycles. The number of rotatable bonds is 5. The molecular weight excluding hydrogens is 286 g/mol. The Morgan fingerprint density at radius 2 is 2.18 bits per heavy atom. The first kappa shape index (κ1) is 13.4. The predicted octanol–water partition coefficient (Wildman–Crippen LogP) is 3.05. The highest BCUT2D eigenvalue weighted by atomic mass is 79.9. The number of benzene rings is 1. The number of carboxylic acid groups (broad SMARTS) is 1. The van der Waals surface area contributed by atoms with Crippen molar-refractivity contribution in [2.75, 3.05) is 5.32 Å². The fourth-order valence-corrected chi connectivity index (χ4v) is 1.61. The molecule has 2 N–H and O–H groups in total. The smallest absolute Gasteiger partial charge is 0.337 e. The maximum absolute atomic E-state index is 11.5. The van der Waals surface area contributed by atoms with Gasteiger partial charge in [-0.2, -0.15) is 0 Å². The van der Waals surface area contributed by atoms with E-state index in [9.17, 15) is 9.59 Å². The topological polar surface area (TPSA) is 66.4 Å². The third kappa shape index (κ3) is 4.03. The number of allylic oxidation sites excluding steroid dienone is 1. The Balaban J connectivity index is 2.88. The van der Waals surface area contributed by atoms with Crippen molar-refractivity contribution in [3.63, 3.8) is 0 Å². The number of nitrogens with one attached hydrogen (secondary N) is 1. The summed E-state index contributed by atoms with van der Waals surface area (Å²) < 4.78 is 0.710. The maximum atomic E-state index is 11.5. The Labute approximate surface area is 107 Å². The molecule has 0 aliphatic rings. The van der Waals surface area contributed by atoms with Crippen LogP contribution in [0.3, 0.4) is 0 Å². The molecule has 0 fully saturated rings. The van der Waals surface area contributed by atoms with Crippen LogP contribution in [0.1, 0.15) is 23.2 Å². The number of hydrogen-bond donors (Lipinski definition) is 2. The van der Waals surface area contributed by atoms with Gasteiger partial charge in [0.2, 0.25) is 5.91 Å². The third-order valence-electron chi connectivity index (χ3n) is 2.06. The molecule has 90 valence electrons. The number of hydrogen-bond acceptors (Lipinski definition) is 2. The van der Waals surface area contributed by atoms with Crippen LogP contribution in [0.5, 0.6) is 0 Å². The zero-order valence-electron chi connectivity index (χ0n) is 9.07. The third-order valence-corrected chi connectivity index (χ3v) is 2.55. The van der Waals surface area contributed by atoms with E-state index in [0.29, 0.717) is 16.6 Å². The van der Waals surface area contributed by atoms with Gasteiger partial charge < -0.3 is 10.4 Å². The van der Waals surface area contributed by atoms with Crippen molar-refractivity contribution >= 4 is 33.5 Å². The first-order chi connectivity index (χ1) is 8.04. The van der Waals surface area contributed by atoms with E-state index in [0.717, 1.165) is 0 Å². The van der Waals surface area contributed by atoms with Gasteiger partial charge in [0.25, 0.3) is 0 Å². The van der Waals surface area contributed by atoms with Gasteiger partial charge in [-0.1, -0.05) is 22.0 Å². The average molecular weight is 298 g/mol. The van der Waals surface area contributed by atoms with Crippen LogP contribution >= 0.6 is 15.9 Å². The summed E-state index contributed by atoms with van der Waals surface area (Å²) >= 11 is 3.23. The van der Waals surface area contributed by atoms with Crippen LogP contribution in [-0.4, -0.2) is 17.0 Å². The molecule has 0 bridgehead atoms. The average Bonchev–Trinajstić information content (AvgIpc) is 2.26. The fourth-order valence-electron chi connectivity index (χ4n) is 1.25. The summed E-state index contributed by atoms with van der Waals surface area (Å²) in [6.45, 7) is 3.52. The number of carbonyl (C=O) groups is 2. The SMILES string of the molecule is C=CCCC(=O)Nc1cc(Br)ccc1C(=O)O. The van der Waals surface area contributed by atoms with E-state index in [1.54, 1.807) is 18.2 Å². The Hall–Kier alpha value is -1.62. The summed E-state index contributed by atoms with van der Waals surface area (Å²) in [7, 11) is 0. The predicted molar refractivity (Wildman–Crippen MR) is 69.2 cm³/mol. The largest absolute Gasteiger partial charge is 0.478 e. The van der Waals surface area contributed by atoms with Gasteiger partial charge in [0.15, 0.2) is 0 Å². The van der Waals surface area contributed by atoms with Crippen LogP contribution in [-0.2, 0) is 4.79 Å². The van der Waals surface area contributed by atoms with Gasteiger partial charge in [0, 0.05) is 10.9 Å². The van der Waals surface area contributed by atoms with Gasteiger partial charge in [-0.25, -0.2) is 4.79 Å². The second-order valence-electron chi connectivity index (χ2n) is 3.37. The second-order valence-corrected chi connectivity index (χ2v) is 4.29. The molecule has 0 saturated carbocycles. The van der Waals surface area contributed by atoms with Crippen molar-refractivity contribution < 1.29 is 14.7 Å². The number of carbonyl (C=O) groups excluding carboxylic acids is 1. The van der Waals surface area contributed by atoms with E-state index in [-0.39, 0.29) is 17.9 Å². The minimum Gasteiger partial charge on any atom is -0.478 e. The van der Waals surface area contributed by atoms with E-state index in [1.165, 1.54) is 6.07 Å². The van der Waals surface area contributed by atoms with Crippen molar-refractivity contribution in [2.45, 2.75) is 12.8 Å². The molecule has 0 unspecified atom stereocenters. The molecule has 0 aliphatic heterocycles. The van der Waals surface area contributed by atoms with Crippen LogP contribution in [0.4, 0.5) is 5.69 Å². The van der Waals surface area contributed by atoms with E-state index in [4.69, 9.17) is 5.11 Å². The highest BCUT2D eigenvalue weighted by Gasteiger charge is 2.12. The molecule has 0 aliphatic carbocycles. The summed E-state index contributed by atoms with van der Waals surface area (Å²) in [6.07, 6.45) is 2.48. The van der Waals surface area contributed by atoms with Gasteiger partial charge >= 0.3 is 5.97 Å². The van der Waals surface area contributed by atoms with Gasteiger partial charge in [-0.15, -0.1) is 6.58 Å². The highest BCUT2D eigenvalue weighted by Crippen LogP contribution is 2.21. The lowest BCUT2D eigenvalue weighted by atomic mass is 10.1. The highest BCUT2D eigenvalue weighted by molar-refractivity contribution is 9.10. The molecule has 4 nitrogen and oxygen atoms in total. The van der Waals surface area contributed by atoms with Crippen molar-refractivity contribution in [3.8, 4) is 0 Å². The Morgan fingerprint density at radius 1 is 1.47 bits per heavy atom. The van der Waals surface area contributed by atoms with Gasteiger partial charge in [-0.3, -0.25) is 4.79 Å². The monoisotopic (exact) mass is 297 g/mol. The fraction of sp³-hybridized carbons (Fsp3) is 0.167. The molecule has 0 atom stereocenters. The van der Waals surface area contributed by atoms with Gasteiger partial charge in [0.1, 0.15) is 0 Å². The first-order valence-electron chi connectivity index (χ1n) is 4.98.